The van der Waals surface area contributed by atoms with Crippen LogP contribution in [0.25, 0.3) is 55.4 Å². The highest BCUT2D eigenvalue weighted by Gasteiger charge is 2.18. The number of hydrogen-bond acceptors (Lipinski definition) is 7. The number of nitrogens with one attached hydrogen (secondary N) is 2. The molecule has 8 nitrogen and oxygen atoms in total. The molecule has 1 aromatic carbocycles. The van der Waals surface area contributed by atoms with Gasteiger partial charge in [-0.2, -0.15) is 9.49 Å². The fraction of sp³-hybridized carbons (Fsp3) is 0.0357. The van der Waals surface area contributed by atoms with Gasteiger partial charge in [-0.25, -0.2) is 9.97 Å². The molecule has 0 unspecified atom stereocenters. The zero-order valence-electron chi connectivity index (χ0n) is 19.7. The number of pyridine rings is 3. The number of fused-ring (bicyclic) bond motifs is 2. The zero-order valence-corrected chi connectivity index (χ0v) is 20.5. The summed E-state index contributed by atoms with van der Waals surface area (Å²) >= 11 is 1.03. The third-order valence-electron chi connectivity index (χ3n) is 6.10. The van der Waals surface area contributed by atoms with Crippen LogP contribution in [0.2, 0.25) is 0 Å². The monoisotopic (exact) mass is 519 g/mol. The average Bonchev–Trinajstić information content (AvgIpc) is 3.70. The van der Waals surface area contributed by atoms with Crippen LogP contribution in [0.15, 0.2) is 85.3 Å². The van der Waals surface area contributed by atoms with Crippen molar-refractivity contribution in [3.8, 4) is 39.1 Å². The maximum Gasteiger partial charge on any atom is 0.177 e. The lowest BCUT2D eigenvalue weighted by Crippen LogP contribution is -1.96. The molecule has 6 heterocycles. The van der Waals surface area contributed by atoms with Crippen molar-refractivity contribution >= 4 is 33.4 Å². The standard InChI is InChI=1S/C28H18FN7OS/c29-23-9-8-22(38-23)26-24-20(10-11-31-26)33-28(34-24)27-25-21(35-36-27)7-6-19(32-25)17-12-18(14-30-13-17)37-15-16-4-2-1-3-5-16/h1-14H,15H2,(H,33,34)(H,35,36). The number of rotatable bonds is 6. The first-order chi connectivity index (χ1) is 18.7. The molecule has 7 rings (SSSR count). The van der Waals surface area contributed by atoms with Crippen LogP contribution in [-0.4, -0.2) is 35.1 Å². The number of benzene rings is 1. The molecular weight excluding hydrogens is 501 g/mol. The van der Waals surface area contributed by atoms with Crippen LogP contribution in [0.5, 0.6) is 5.75 Å². The van der Waals surface area contributed by atoms with Gasteiger partial charge >= 0.3 is 0 Å². The number of H-pyrrole nitrogens is 2. The van der Waals surface area contributed by atoms with Gasteiger partial charge in [-0.15, -0.1) is 11.3 Å². The minimum absolute atomic E-state index is 0.270. The number of hydrogen-bond donors (Lipinski definition) is 2. The van der Waals surface area contributed by atoms with Crippen LogP contribution in [-0.2, 0) is 6.61 Å². The second kappa shape index (κ2) is 9.16. The lowest BCUT2D eigenvalue weighted by atomic mass is 10.1. The van der Waals surface area contributed by atoms with E-state index in [0.717, 1.165) is 39.2 Å². The fourth-order valence-electron chi connectivity index (χ4n) is 4.27. The van der Waals surface area contributed by atoms with E-state index in [0.29, 0.717) is 45.5 Å². The van der Waals surface area contributed by atoms with Gasteiger partial charge in [0.1, 0.15) is 29.1 Å². The Bertz CT molecular complexity index is 1910. The molecule has 0 aliphatic carbocycles. The lowest BCUT2D eigenvalue weighted by molar-refractivity contribution is 0.305. The highest BCUT2D eigenvalue weighted by Crippen LogP contribution is 2.33. The summed E-state index contributed by atoms with van der Waals surface area (Å²) in [5.41, 5.74) is 6.67. The summed E-state index contributed by atoms with van der Waals surface area (Å²) in [6.45, 7) is 0.450. The van der Waals surface area contributed by atoms with Crippen molar-refractivity contribution < 1.29 is 9.13 Å². The third-order valence-corrected chi connectivity index (χ3v) is 6.98. The topological polar surface area (TPSA) is 105 Å². The van der Waals surface area contributed by atoms with Gasteiger partial charge < -0.3 is 9.72 Å². The first kappa shape index (κ1) is 22.3. The number of nitrogens with zero attached hydrogens (tertiary/aromatic N) is 5. The van der Waals surface area contributed by atoms with Crippen LogP contribution < -0.4 is 4.74 Å². The lowest BCUT2D eigenvalue weighted by Gasteiger charge is -2.08. The molecule has 0 fully saturated rings. The summed E-state index contributed by atoms with van der Waals surface area (Å²) in [7, 11) is 0. The Balaban J connectivity index is 1.24. The van der Waals surface area contributed by atoms with Crippen LogP contribution in [0.1, 0.15) is 5.56 Å². The number of aromatic nitrogens is 7. The van der Waals surface area contributed by atoms with Gasteiger partial charge in [0, 0.05) is 18.0 Å². The number of aromatic amines is 2. The Labute approximate surface area is 219 Å². The second-order valence-corrected chi connectivity index (χ2v) is 9.63. The van der Waals surface area contributed by atoms with Gasteiger partial charge in [0.25, 0.3) is 0 Å². The average molecular weight is 520 g/mol. The van der Waals surface area contributed by atoms with E-state index < -0.39 is 0 Å². The largest absolute Gasteiger partial charge is 0.487 e. The summed E-state index contributed by atoms with van der Waals surface area (Å²) in [4.78, 5) is 22.5. The van der Waals surface area contributed by atoms with E-state index in [4.69, 9.17) is 14.7 Å². The molecule has 0 amide bonds. The quantitative estimate of drug-likeness (QED) is 0.263. The maximum absolute atomic E-state index is 13.7. The van der Waals surface area contributed by atoms with Gasteiger partial charge in [-0.1, -0.05) is 30.3 Å². The number of ether oxygens (including phenoxy) is 1. The van der Waals surface area contributed by atoms with Crippen LogP contribution in [0.4, 0.5) is 4.39 Å². The second-order valence-electron chi connectivity index (χ2n) is 8.59. The summed E-state index contributed by atoms with van der Waals surface area (Å²) in [6, 6.07) is 20.7. The predicted molar refractivity (Wildman–Crippen MR) is 144 cm³/mol. The van der Waals surface area contributed by atoms with Gasteiger partial charge in [-0.3, -0.25) is 15.1 Å². The minimum atomic E-state index is -0.270. The molecule has 0 aliphatic rings. The summed E-state index contributed by atoms with van der Waals surface area (Å²) in [5, 5.41) is 7.25. The minimum Gasteiger partial charge on any atom is -0.487 e. The SMILES string of the molecule is Fc1ccc(-c2nccc3[nH]c(-c4n[nH]c5ccc(-c6cncc(OCc7ccccc7)c6)nc45)nc23)s1. The first-order valence-electron chi connectivity index (χ1n) is 11.8. The Morgan fingerprint density at radius 2 is 1.76 bits per heavy atom. The molecule has 0 saturated heterocycles. The van der Waals surface area contributed by atoms with Gasteiger partial charge in [-0.05, 0) is 42.0 Å². The maximum atomic E-state index is 13.7. The van der Waals surface area contributed by atoms with E-state index in [1.807, 2.05) is 54.6 Å². The number of halogens is 1. The molecule has 0 radical (unpaired) electrons. The highest BCUT2D eigenvalue weighted by molar-refractivity contribution is 7.13. The Morgan fingerprint density at radius 3 is 2.63 bits per heavy atom. The van der Waals surface area contributed by atoms with Gasteiger partial charge in [0.2, 0.25) is 0 Å². The Morgan fingerprint density at radius 1 is 0.868 bits per heavy atom. The van der Waals surface area contributed by atoms with Crippen LogP contribution in [0, 0.1) is 5.13 Å². The molecular formula is C28H18FN7OS. The molecule has 2 N–H and O–H groups in total. The van der Waals surface area contributed by atoms with E-state index >= 15 is 0 Å². The molecule has 0 saturated carbocycles. The van der Waals surface area contributed by atoms with E-state index in [-0.39, 0.29) is 5.13 Å². The predicted octanol–water partition coefficient (Wildman–Crippen LogP) is 6.40. The molecule has 0 spiro atoms. The summed E-state index contributed by atoms with van der Waals surface area (Å²) in [5.74, 6) is 1.20. The molecule has 38 heavy (non-hydrogen) atoms. The van der Waals surface area contributed by atoms with Crippen molar-refractivity contribution in [2.75, 3.05) is 0 Å². The van der Waals surface area contributed by atoms with E-state index in [1.165, 1.54) is 6.07 Å². The molecule has 0 atom stereocenters. The van der Waals surface area contributed by atoms with E-state index in [9.17, 15) is 4.39 Å². The van der Waals surface area contributed by atoms with Crippen molar-refractivity contribution in [2.45, 2.75) is 6.61 Å². The normalized spacial score (nSPS) is 11.4. The molecule has 184 valence electrons. The van der Waals surface area contributed by atoms with Gasteiger partial charge in [0.15, 0.2) is 16.6 Å². The fourth-order valence-corrected chi connectivity index (χ4v) is 5.00. The molecule has 0 aliphatic heterocycles. The summed E-state index contributed by atoms with van der Waals surface area (Å²) < 4.78 is 19.6. The van der Waals surface area contributed by atoms with Crippen molar-refractivity contribution in [1.82, 2.24) is 35.1 Å². The van der Waals surface area contributed by atoms with E-state index in [1.54, 1.807) is 24.7 Å². The molecule has 0 bridgehead atoms. The zero-order chi connectivity index (χ0) is 25.5. The molecule has 6 aromatic heterocycles. The smallest absolute Gasteiger partial charge is 0.177 e. The highest BCUT2D eigenvalue weighted by atomic mass is 32.1. The first-order valence-corrected chi connectivity index (χ1v) is 12.6. The third kappa shape index (κ3) is 4.06. The number of imidazole rings is 1. The van der Waals surface area contributed by atoms with E-state index in [2.05, 4.69) is 25.1 Å². The van der Waals surface area contributed by atoms with Crippen molar-refractivity contribution in [2.24, 2.45) is 0 Å². The van der Waals surface area contributed by atoms with Crippen LogP contribution in [0.3, 0.4) is 0 Å². The van der Waals surface area contributed by atoms with Crippen LogP contribution >= 0.6 is 11.3 Å². The number of thiophene rings is 1. The Kier molecular flexibility index (Phi) is 5.37. The summed E-state index contributed by atoms with van der Waals surface area (Å²) in [6.07, 6.45) is 5.12. The van der Waals surface area contributed by atoms with Crippen molar-refractivity contribution in [3.05, 3.63) is 96.0 Å². The Hall–Kier alpha value is -4.96. The van der Waals surface area contributed by atoms with Gasteiger partial charge in [0.05, 0.1) is 27.8 Å². The van der Waals surface area contributed by atoms with Crippen molar-refractivity contribution in [3.63, 3.8) is 0 Å². The van der Waals surface area contributed by atoms with Crippen molar-refractivity contribution in [1.29, 1.82) is 0 Å². The molecule has 7 aromatic rings. The molecule has 10 heteroatoms.